The van der Waals surface area contributed by atoms with E-state index in [2.05, 4.69) is 14.9 Å². The number of amides is 3. The number of carbonyl (C=O) groups is 2. The van der Waals surface area contributed by atoms with Gasteiger partial charge < -0.3 is 9.73 Å². The van der Waals surface area contributed by atoms with Gasteiger partial charge in [-0.25, -0.2) is 4.79 Å². The van der Waals surface area contributed by atoms with Crippen LogP contribution in [0.25, 0.3) is 0 Å². The van der Waals surface area contributed by atoms with E-state index < -0.39 is 11.6 Å². The summed E-state index contributed by atoms with van der Waals surface area (Å²) in [5, 5.41) is 6.56. The van der Waals surface area contributed by atoms with Crippen LogP contribution in [-0.4, -0.2) is 26.4 Å². The van der Waals surface area contributed by atoms with Gasteiger partial charge in [0.15, 0.2) is 0 Å². The summed E-state index contributed by atoms with van der Waals surface area (Å²) in [6, 6.07) is 1.27. The lowest BCUT2D eigenvalue weighted by Gasteiger charge is -2.20. The highest BCUT2D eigenvalue weighted by atomic mass is 35.5. The predicted molar refractivity (Wildman–Crippen MR) is 79.5 cm³/mol. The third kappa shape index (κ3) is 2.19. The Bertz CT molecular complexity index is 771. The Morgan fingerprint density at radius 3 is 2.73 bits per heavy atom. The fourth-order valence-corrected chi connectivity index (χ4v) is 3.20. The molecule has 1 aliphatic rings. The van der Waals surface area contributed by atoms with E-state index in [1.807, 2.05) is 0 Å². The summed E-state index contributed by atoms with van der Waals surface area (Å²) in [7, 11) is 0. The maximum Gasteiger partial charge on any atom is 0.325 e. The molecular weight excluding hydrogens is 328 g/mol. The molecule has 0 unspecified atom stereocenters. The van der Waals surface area contributed by atoms with Crippen LogP contribution in [0.4, 0.5) is 4.79 Å². The Kier molecular flexibility index (Phi) is 3.45. The number of nitrogens with zero attached hydrogens (tertiary/aromatic N) is 3. The maximum absolute atomic E-state index is 12.8. The van der Waals surface area contributed by atoms with Gasteiger partial charge >= 0.3 is 6.03 Å². The predicted octanol–water partition coefficient (Wildman–Crippen LogP) is 2.37. The van der Waals surface area contributed by atoms with Crippen LogP contribution >= 0.6 is 23.1 Å². The van der Waals surface area contributed by atoms with Gasteiger partial charge in [-0.3, -0.25) is 9.69 Å². The largest absolute Gasteiger partial charge is 0.466 e. The molecule has 116 valence electrons. The van der Waals surface area contributed by atoms with Gasteiger partial charge in [0, 0.05) is 17.1 Å². The van der Waals surface area contributed by atoms with Crippen molar-refractivity contribution < 1.29 is 14.0 Å². The molecule has 0 saturated carbocycles. The highest BCUT2D eigenvalue weighted by molar-refractivity contribution is 7.10. The second-order valence-corrected chi connectivity index (χ2v) is 6.62. The van der Waals surface area contributed by atoms with Crippen LogP contribution in [0.3, 0.4) is 0 Å². The van der Waals surface area contributed by atoms with Crippen molar-refractivity contribution in [2.24, 2.45) is 0 Å². The monoisotopic (exact) mass is 340 g/mol. The molecule has 3 rings (SSSR count). The number of hydrogen-bond acceptors (Lipinski definition) is 6. The van der Waals surface area contributed by atoms with Crippen molar-refractivity contribution in [3.05, 3.63) is 33.2 Å². The van der Waals surface area contributed by atoms with Crippen molar-refractivity contribution in [3.63, 3.8) is 0 Å². The first-order chi connectivity index (χ1) is 10.3. The number of rotatable bonds is 3. The van der Waals surface area contributed by atoms with Crippen LogP contribution in [0.1, 0.15) is 29.7 Å². The molecule has 9 heteroatoms. The zero-order valence-corrected chi connectivity index (χ0v) is 13.7. The minimum atomic E-state index is -1.16. The summed E-state index contributed by atoms with van der Waals surface area (Å²) in [6.45, 7) is 5.20. The molecule has 1 fully saturated rings. The molecule has 1 N–H and O–H groups in total. The molecule has 1 atom stereocenters. The van der Waals surface area contributed by atoms with Gasteiger partial charge in [-0.1, -0.05) is 16.1 Å². The Morgan fingerprint density at radius 2 is 2.18 bits per heavy atom. The van der Waals surface area contributed by atoms with Crippen LogP contribution in [0, 0.1) is 13.8 Å². The van der Waals surface area contributed by atoms with E-state index in [-0.39, 0.29) is 12.5 Å². The van der Waals surface area contributed by atoms with Crippen LogP contribution in [-0.2, 0) is 16.9 Å². The van der Waals surface area contributed by atoms with Gasteiger partial charge in [0.2, 0.25) is 0 Å². The summed E-state index contributed by atoms with van der Waals surface area (Å²) < 4.78 is 9.54. The van der Waals surface area contributed by atoms with E-state index in [4.69, 9.17) is 16.0 Å². The fraction of sp³-hybridized carbons (Fsp3) is 0.385. The van der Waals surface area contributed by atoms with Crippen molar-refractivity contribution in [1.29, 1.82) is 0 Å². The Hall–Kier alpha value is -1.93. The fourth-order valence-electron chi connectivity index (χ4n) is 2.59. The van der Waals surface area contributed by atoms with E-state index in [0.717, 1.165) is 16.4 Å². The minimum Gasteiger partial charge on any atom is -0.466 e. The van der Waals surface area contributed by atoms with Crippen molar-refractivity contribution in [2.45, 2.75) is 32.9 Å². The second-order valence-electron chi connectivity index (χ2n) is 5.27. The summed E-state index contributed by atoms with van der Waals surface area (Å²) in [4.78, 5) is 26.0. The van der Waals surface area contributed by atoms with Crippen LogP contribution in [0.2, 0.25) is 4.34 Å². The van der Waals surface area contributed by atoms with Gasteiger partial charge in [-0.15, -0.1) is 5.10 Å². The van der Waals surface area contributed by atoms with Gasteiger partial charge in [0.1, 0.15) is 27.1 Å². The Balaban J connectivity index is 1.94. The molecule has 22 heavy (non-hydrogen) atoms. The number of nitrogens with one attached hydrogen (secondary N) is 1. The van der Waals surface area contributed by atoms with Crippen LogP contribution in [0.5, 0.6) is 0 Å². The summed E-state index contributed by atoms with van der Waals surface area (Å²) in [5.41, 5.74) is -0.109. The number of carbonyl (C=O) groups excluding carboxylic acids is 2. The third-order valence-electron chi connectivity index (χ3n) is 3.67. The lowest BCUT2D eigenvalue weighted by atomic mass is 9.92. The molecule has 3 heterocycles. The van der Waals surface area contributed by atoms with Gasteiger partial charge in [-0.2, -0.15) is 0 Å². The lowest BCUT2D eigenvalue weighted by Crippen LogP contribution is -2.41. The second kappa shape index (κ2) is 5.06. The summed E-state index contributed by atoms with van der Waals surface area (Å²) in [5.74, 6) is 0.912. The zero-order valence-electron chi connectivity index (χ0n) is 12.1. The first kappa shape index (κ1) is 15.0. The Morgan fingerprint density at radius 1 is 1.45 bits per heavy atom. The highest BCUT2D eigenvalue weighted by Gasteiger charge is 2.50. The van der Waals surface area contributed by atoms with Crippen molar-refractivity contribution >= 4 is 35.1 Å². The zero-order chi connectivity index (χ0) is 16.1. The molecular formula is C13H13ClN4O3S. The van der Waals surface area contributed by atoms with E-state index in [9.17, 15) is 9.59 Å². The number of furan rings is 1. The van der Waals surface area contributed by atoms with Crippen LogP contribution < -0.4 is 5.32 Å². The van der Waals surface area contributed by atoms with Crippen molar-refractivity contribution in [2.75, 3.05) is 0 Å². The summed E-state index contributed by atoms with van der Waals surface area (Å²) >= 11 is 6.95. The molecule has 2 aromatic heterocycles. The number of halogens is 1. The molecule has 1 aliphatic heterocycles. The van der Waals surface area contributed by atoms with E-state index in [1.165, 1.54) is 0 Å². The number of hydrogen-bond donors (Lipinski definition) is 1. The summed E-state index contributed by atoms with van der Waals surface area (Å²) in [6.07, 6.45) is 0. The van der Waals surface area contributed by atoms with Gasteiger partial charge in [0.05, 0.1) is 6.54 Å². The standard InChI is InChI=1S/C13H13ClN4O3S/c1-6-4-8(7(2)21-6)13(3)11(19)18(12(20)15-13)5-9-10(14)22-17-16-9/h4H,5H2,1-3H3,(H,15,20)/t13-/m0/s1. The van der Waals surface area contributed by atoms with Crippen molar-refractivity contribution in [1.82, 2.24) is 19.8 Å². The molecule has 0 bridgehead atoms. The molecule has 0 radical (unpaired) electrons. The first-order valence-electron chi connectivity index (χ1n) is 6.51. The van der Waals surface area contributed by atoms with Crippen LogP contribution in [0.15, 0.2) is 10.5 Å². The smallest absolute Gasteiger partial charge is 0.325 e. The molecule has 7 nitrogen and oxygen atoms in total. The molecule has 2 aromatic rings. The van der Waals surface area contributed by atoms with E-state index >= 15 is 0 Å². The molecule has 0 spiro atoms. The van der Waals surface area contributed by atoms with Gasteiger partial charge in [-0.05, 0) is 26.8 Å². The molecule has 3 amide bonds. The number of urea groups is 1. The first-order valence-corrected chi connectivity index (χ1v) is 7.66. The van der Waals surface area contributed by atoms with E-state index in [1.54, 1.807) is 26.8 Å². The Labute approximate surface area is 135 Å². The average molecular weight is 341 g/mol. The molecule has 1 saturated heterocycles. The minimum absolute atomic E-state index is 0.00846. The molecule has 0 aliphatic carbocycles. The molecule has 0 aromatic carbocycles. The van der Waals surface area contributed by atoms with E-state index in [0.29, 0.717) is 27.1 Å². The van der Waals surface area contributed by atoms with Crippen molar-refractivity contribution in [3.8, 4) is 0 Å². The number of aromatic nitrogens is 2. The highest BCUT2D eigenvalue weighted by Crippen LogP contribution is 2.34. The number of imide groups is 1. The lowest BCUT2D eigenvalue weighted by molar-refractivity contribution is -0.131. The topological polar surface area (TPSA) is 88.3 Å². The SMILES string of the molecule is Cc1cc([C@]2(C)NC(=O)N(Cc3nnsc3Cl)C2=O)c(C)o1. The quantitative estimate of drug-likeness (QED) is 0.866. The average Bonchev–Trinajstić information content (AvgIpc) is 3.05. The maximum atomic E-state index is 12.8. The normalized spacial score (nSPS) is 21.5. The van der Waals surface area contributed by atoms with Gasteiger partial charge in [0.25, 0.3) is 5.91 Å². The third-order valence-corrected chi connectivity index (χ3v) is 4.66. The number of aryl methyl sites for hydroxylation is 2.